The number of β-amino-alcohol motifs (C(OH)–C–C–N with tert-alkyl or cyclic N) is 1. The topological polar surface area (TPSA) is 32.3 Å². The molecule has 2 N–H and O–H groups in total. The quantitative estimate of drug-likeness (QED) is 0.611. The van der Waals surface area contributed by atoms with E-state index in [1.807, 2.05) is 0 Å². The van der Waals surface area contributed by atoms with Crippen molar-refractivity contribution in [2.75, 3.05) is 6.54 Å². The molecule has 11 heavy (non-hydrogen) atoms. The molecule has 2 rings (SSSR count). The molecule has 0 radical (unpaired) electrons. The van der Waals surface area contributed by atoms with Crippen LogP contribution < -0.4 is 5.32 Å². The van der Waals surface area contributed by atoms with Crippen molar-refractivity contribution in [1.29, 1.82) is 0 Å². The number of fused-ring (bicyclic) bond motifs is 1. The van der Waals surface area contributed by atoms with Gasteiger partial charge in [0.1, 0.15) is 0 Å². The number of nitrogens with one attached hydrogen (secondary N) is 1. The summed E-state index contributed by atoms with van der Waals surface area (Å²) < 4.78 is 0. The molecule has 1 aliphatic rings. The maximum Gasteiger partial charge on any atom is 0.0925 e. The molecular weight excluding hydrogens is 158 g/mol. The van der Waals surface area contributed by atoms with Gasteiger partial charge in [-0.1, -0.05) is 0 Å². The van der Waals surface area contributed by atoms with Crippen LogP contribution in [0.15, 0.2) is 6.07 Å². The van der Waals surface area contributed by atoms with E-state index >= 15 is 0 Å². The van der Waals surface area contributed by atoms with E-state index in [9.17, 15) is 5.11 Å². The molecule has 1 aromatic heterocycles. The average Bonchev–Trinajstić information content (AvgIpc) is 2.31. The highest BCUT2D eigenvalue weighted by molar-refractivity contribution is 7.12. The maximum absolute atomic E-state index is 9.52. The first kappa shape index (κ1) is 7.28. The van der Waals surface area contributed by atoms with Crippen molar-refractivity contribution >= 4 is 11.3 Å². The zero-order chi connectivity index (χ0) is 7.84. The van der Waals surface area contributed by atoms with Crippen LogP contribution in [0.1, 0.15) is 21.4 Å². The second-order valence-corrected chi connectivity index (χ2v) is 4.22. The lowest BCUT2D eigenvalue weighted by atomic mass is 10.1. The summed E-state index contributed by atoms with van der Waals surface area (Å²) in [5, 5.41) is 12.7. The monoisotopic (exact) mass is 169 g/mol. The fraction of sp³-hybridized carbons (Fsp3) is 0.500. The predicted octanol–water partition coefficient (Wildman–Crippen LogP) is 1.19. The Morgan fingerprint density at radius 3 is 3.27 bits per heavy atom. The van der Waals surface area contributed by atoms with Gasteiger partial charge < -0.3 is 10.4 Å². The Hall–Kier alpha value is -0.380. The second kappa shape index (κ2) is 2.59. The summed E-state index contributed by atoms with van der Waals surface area (Å²) in [6.07, 6.45) is -0.288. The van der Waals surface area contributed by atoms with Crippen LogP contribution in [0, 0.1) is 6.92 Å². The van der Waals surface area contributed by atoms with Crippen molar-refractivity contribution in [3.63, 3.8) is 0 Å². The zero-order valence-corrected chi connectivity index (χ0v) is 7.24. The number of hydrogen-bond donors (Lipinski definition) is 2. The fourth-order valence-electron chi connectivity index (χ4n) is 1.43. The Bertz CT molecular complexity index is 269. The van der Waals surface area contributed by atoms with Gasteiger partial charge in [-0.2, -0.15) is 0 Å². The van der Waals surface area contributed by atoms with E-state index in [-0.39, 0.29) is 6.10 Å². The molecule has 0 saturated heterocycles. The third-order valence-electron chi connectivity index (χ3n) is 1.95. The van der Waals surface area contributed by atoms with E-state index in [1.54, 1.807) is 11.3 Å². The standard InChI is InChI=1S/C8H11NOS/c1-5-2-6-7(10)3-9-4-8(6)11-5/h2,7,9-10H,3-4H2,1H3/t7-/m1/s1. The summed E-state index contributed by atoms with van der Waals surface area (Å²) in [5.74, 6) is 0. The van der Waals surface area contributed by atoms with Gasteiger partial charge in [0.2, 0.25) is 0 Å². The molecule has 1 aliphatic heterocycles. The average molecular weight is 169 g/mol. The number of aliphatic hydroxyl groups excluding tert-OH is 1. The minimum absolute atomic E-state index is 0.288. The van der Waals surface area contributed by atoms with Crippen LogP contribution in [0.3, 0.4) is 0 Å². The Morgan fingerprint density at radius 1 is 1.73 bits per heavy atom. The van der Waals surface area contributed by atoms with E-state index in [4.69, 9.17) is 0 Å². The first-order valence-corrected chi connectivity index (χ1v) is 4.57. The SMILES string of the molecule is Cc1cc2c(s1)CNC[C@H]2O. The molecule has 3 heteroatoms. The summed E-state index contributed by atoms with van der Waals surface area (Å²) >= 11 is 1.77. The largest absolute Gasteiger partial charge is 0.387 e. The van der Waals surface area contributed by atoms with Crippen LogP contribution in [0.25, 0.3) is 0 Å². The third-order valence-corrected chi connectivity index (χ3v) is 3.01. The molecule has 0 fully saturated rings. The normalized spacial score (nSPS) is 23.3. The van der Waals surface area contributed by atoms with Crippen molar-refractivity contribution < 1.29 is 5.11 Å². The molecule has 0 aliphatic carbocycles. The van der Waals surface area contributed by atoms with E-state index in [0.29, 0.717) is 6.54 Å². The Kier molecular flexibility index (Phi) is 1.71. The van der Waals surface area contributed by atoms with Crippen molar-refractivity contribution in [1.82, 2.24) is 5.32 Å². The lowest BCUT2D eigenvalue weighted by molar-refractivity contribution is 0.166. The summed E-state index contributed by atoms with van der Waals surface area (Å²) in [4.78, 5) is 2.58. The van der Waals surface area contributed by atoms with Crippen LogP contribution in [0.4, 0.5) is 0 Å². The van der Waals surface area contributed by atoms with E-state index in [1.165, 1.54) is 9.75 Å². The first-order valence-electron chi connectivity index (χ1n) is 3.75. The van der Waals surface area contributed by atoms with Crippen LogP contribution in [-0.2, 0) is 6.54 Å². The van der Waals surface area contributed by atoms with Gasteiger partial charge in [0.15, 0.2) is 0 Å². The molecule has 0 spiro atoms. The molecule has 1 atom stereocenters. The molecule has 60 valence electrons. The number of thiophene rings is 1. The van der Waals surface area contributed by atoms with E-state index in [2.05, 4.69) is 18.3 Å². The zero-order valence-electron chi connectivity index (χ0n) is 6.42. The summed E-state index contributed by atoms with van der Waals surface area (Å²) in [7, 11) is 0. The fourth-order valence-corrected chi connectivity index (χ4v) is 2.50. The molecule has 2 heterocycles. The van der Waals surface area contributed by atoms with Gasteiger partial charge in [-0.3, -0.25) is 0 Å². The molecule has 2 nitrogen and oxygen atoms in total. The Morgan fingerprint density at radius 2 is 2.55 bits per heavy atom. The van der Waals surface area contributed by atoms with Gasteiger partial charge in [0.25, 0.3) is 0 Å². The predicted molar refractivity (Wildman–Crippen MR) is 45.7 cm³/mol. The van der Waals surface area contributed by atoms with Gasteiger partial charge in [-0.15, -0.1) is 11.3 Å². The van der Waals surface area contributed by atoms with Crippen molar-refractivity contribution in [2.45, 2.75) is 19.6 Å². The molecular formula is C8H11NOS. The minimum Gasteiger partial charge on any atom is -0.387 e. The van der Waals surface area contributed by atoms with Gasteiger partial charge in [-0.05, 0) is 18.6 Å². The first-order chi connectivity index (χ1) is 5.27. The van der Waals surface area contributed by atoms with E-state index in [0.717, 1.165) is 12.1 Å². The van der Waals surface area contributed by atoms with Crippen molar-refractivity contribution in [2.24, 2.45) is 0 Å². The summed E-state index contributed by atoms with van der Waals surface area (Å²) in [6.45, 7) is 3.70. The third kappa shape index (κ3) is 1.20. The second-order valence-electron chi connectivity index (χ2n) is 2.88. The Labute approximate surface area is 69.9 Å². The van der Waals surface area contributed by atoms with Crippen LogP contribution >= 0.6 is 11.3 Å². The van der Waals surface area contributed by atoms with E-state index < -0.39 is 0 Å². The summed E-state index contributed by atoms with van der Waals surface area (Å²) in [5.41, 5.74) is 1.13. The van der Waals surface area contributed by atoms with Crippen LogP contribution in [0.2, 0.25) is 0 Å². The maximum atomic E-state index is 9.52. The molecule has 0 bridgehead atoms. The lowest BCUT2D eigenvalue weighted by Gasteiger charge is -2.18. The molecule has 0 saturated carbocycles. The molecule has 0 amide bonds. The Balaban J connectivity index is 2.43. The molecule has 1 aromatic rings. The highest BCUT2D eigenvalue weighted by Crippen LogP contribution is 2.29. The number of hydrogen-bond acceptors (Lipinski definition) is 3. The molecule has 0 aromatic carbocycles. The smallest absolute Gasteiger partial charge is 0.0925 e. The lowest BCUT2D eigenvalue weighted by Crippen LogP contribution is -2.26. The highest BCUT2D eigenvalue weighted by Gasteiger charge is 2.18. The van der Waals surface area contributed by atoms with Crippen molar-refractivity contribution in [3.8, 4) is 0 Å². The van der Waals surface area contributed by atoms with Crippen molar-refractivity contribution in [3.05, 3.63) is 21.4 Å². The van der Waals surface area contributed by atoms with Gasteiger partial charge >= 0.3 is 0 Å². The highest BCUT2D eigenvalue weighted by atomic mass is 32.1. The number of rotatable bonds is 0. The molecule has 0 unspecified atom stereocenters. The minimum atomic E-state index is -0.288. The van der Waals surface area contributed by atoms with Gasteiger partial charge in [0, 0.05) is 22.8 Å². The number of aliphatic hydroxyl groups is 1. The van der Waals surface area contributed by atoms with Crippen LogP contribution in [-0.4, -0.2) is 11.7 Å². The van der Waals surface area contributed by atoms with Gasteiger partial charge in [-0.25, -0.2) is 0 Å². The van der Waals surface area contributed by atoms with Crippen LogP contribution in [0.5, 0.6) is 0 Å². The number of aryl methyl sites for hydroxylation is 1. The summed E-state index contributed by atoms with van der Waals surface area (Å²) in [6, 6.07) is 2.09. The van der Waals surface area contributed by atoms with Gasteiger partial charge in [0.05, 0.1) is 6.10 Å².